The van der Waals surface area contributed by atoms with Crippen molar-refractivity contribution >= 4 is 75.6 Å². The van der Waals surface area contributed by atoms with Crippen molar-refractivity contribution in [3.05, 3.63) is 301 Å². The molecule has 0 bridgehead atoms. The summed E-state index contributed by atoms with van der Waals surface area (Å²) in [4.78, 5) is 169. The minimum atomic E-state index is -0.556. The molecular formula is C115H122N10O18. The number of carbonyl (C=O) groups excluding carboxylic acids is 12. The quantitative estimate of drug-likeness (QED) is 0.0455. The molecule has 22 rings (SSSR count). The summed E-state index contributed by atoms with van der Waals surface area (Å²) < 4.78 is 35.2. The van der Waals surface area contributed by atoms with Crippen LogP contribution in [0.2, 0.25) is 0 Å². The molecule has 0 N–H and O–H groups in total. The molecule has 4 amide bonds. The zero-order valence-electron chi connectivity index (χ0n) is 81.3. The number of ether oxygens (including phenoxy) is 5. The van der Waals surface area contributed by atoms with Crippen molar-refractivity contribution in [2.75, 3.05) is 63.9 Å². The van der Waals surface area contributed by atoms with Gasteiger partial charge in [0.2, 0.25) is 0 Å². The van der Waals surface area contributed by atoms with E-state index in [2.05, 4.69) is 171 Å². The van der Waals surface area contributed by atoms with Crippen LogP contribution in [0.25, 0.3) is 0 Å². The zero-order chi connectivity index (χ0) is 98.7. The SMILES string of the molecule is CC(C)C1CCN(Cc2cccc(COc3cccc4c3CN(C3CCC(=O)CC3=O)C4=O)c2)CC1.O=C1CCC(N2Cc3c(OCc4ccc(CN5CCc6ccccc65)cc4)cccc3C2=O)C(=O)C1.O=C1CCC(N2Cc3c(OCc4cccc(CN5CCC(c6ccccc6)CC5)c4)cccc3C2=O)C(=O)C1.O=C1CCC(N2Cc3c(OCc4nc(CN5CCOCC5)no4)cccc3C2=O)C(=O)C1. The number of rotatable bonds is 26. The first kappa shape index (κ1) is 98.0. The van der Waals surface area contributed by atoms with Crippen LogP contribution >= 0.6 is 0 Å². The van der Waals surface area contributed by atoms with Gasteiger partial charge in [-0.3, -0.25) is 72.2 Å². The molecule has 4 atom stereocenters. The Morgan fingerprint density at radius 2 is 0.720 bits per heavy atom. The van der Waals surface area contributed by atoms with Crippen molar-refractivity contribution in [2.45, 2.75) is 232 Å². The van der Waals surface area contributed by atoms with Gasteiger partial charge < -0.3 is 52.7 Å². The summed E-state index contributed by atoms with van der Waals surface area (Å²) in [5.41, 5.74) is 16.8. The number of fused-ring (bicyclic) bond motifs is 5. The average Bonchev–Trinajstić information content (AvgIpc) is 1.63. The first-order valence-electron chi connectivity index (χ1n) is 50.7. The number of nitrogens with zero attached hydrogens (tertiary/aromatic N) is 10. The minimum absolute atomic E-state index is 0.0355. The van der Waals surface area contributed by atoms with Crippen LogP contribution in [0.1, 0.15) is 242 Å². The number of piperidine rings is 2. The average molecular weight is 1930 g/mol. The lowest BCUT2D eigenvalue weighted by Gasteiger charge is -2.33. The Morgan fingerprint density at radius 1 is 0.343 bits per heavy atom. The van der Waals surface area contributed by atoms with E-state index in [1.165, 1.54) is 59.2 Å². The number of benzene rings is 9. The number of ketones is 8. The molecule has 9 aromatic carbocycles. The Balaban J connectivity index is 0.000000121. The van der Waals surface area contributed by atoms with E-state index >= 15 is 0 Å². The lowest BCUT2D eigenvalue weighted by atomic mass is 9.86. The molecule has 143 heavy (non-hydrogen) atoms. The summed E-state index contributed by atoms with van der Waals surface area (Å²) >= 11 is 0. The fraction of sp³-hybridized carbons (Fsp3) is 0.409. The maximum atomic E-state index is 13.1. The third-order valence-electron chi connectivity index (χ3n) is 30.2. The van der Waals surface area contributed by atoms with Gasteiger partial charge in [0.15, 0.2) is 35.6 Å². The van der Waals surface area contributed by atoms with E-state index in [1.807, 2.05) is 36.4 Å². The highest BCUT2D eigenvalue weighted by Gasteiger charge is 2.46. The van der Waals surface area contributed by atoms with Crippen molar-refractivity contribution < 1.29 is 85.7 Å². The molecule has 740 valence electrons. The summed E-state index contributed by atoms with van der Waals surface area (Å²) in [6, 6.07) is 64.7. The molecule has 28 nitrogen and oxygen atoms in total. The van der Waals surface area contributed by atoms with Crippen molar-refractivity contribution in [1.82, 2.24) is 44.4 Å². The van der Waals surface area contributed by atoms with Crippen LogP contribution in [-0.2, 0) is 128 Å². The number of likely N-dealkylation sites (tertiary alicyclic amines) is 2. The molecule has 0 spiro atoms. The number of para-hydroxylation sites is 1. The molecule has 0 radical (unpaired) electrons. The summed E-state index contributed by atoms with van der Waals surface area (Å²) in [5, 5.41) is 4.02. The fourth-order valence-corrected chi connectivity index (χ4v) is 22.2. The smallest absolute Gasteiger partial charge is 0.264 e. The number of hydrogen-bond donors (Lipinski definition) is 0. The molecule has 7 fully saturated rings. The summed E-state index contributed by atoms with van der Waals surface area (Å²) in [7, 11) is 0. The van der Waals surface area contributed by atoms with Gasteiger partial charge in [0.05, 0.1) is 95.8 Å². The topological polar surface area (TPSA) is 316 Å². The van der Waals surface area contributed by atoms with Gasteiger partial charge in [0, 0.05) is 115 Å². The van der Waals surface area contributed by atoms with Crippen LogP contribution in [0, 0.1) is 11.8 Å². The molecule has 28 heteroatoms. The highest BCUT2D eigenvalue weighted by atomic mass is 16.5. The second-order valence-electron chi connectivity index (χ2n) is 40.0. The van der Waals surface area contributed by atoms with Crippen LogP contribution < -0.4 is 23.8 Å². The third kappa shape index (κ3) is 23.1. The number of carbonyl (C=O) groups is 12. The standard InChI is InChI=1S/C33H34N2O4.C30H28N2O4.C30H36N2O4.C22H24N4O6/c36-27-12-13-30(31(37)19-27)35-21-29-28(33(35)38)10-5-11-32(29)39-22-24-7-4-6-23(18-24)20-34-16-14-26(15-17-34)25-8-2-1-3-9-25;33-23-12-13-27(28(34)16-23)32-18-25-24(30(32)35)5-3-7-29(25)36-19-21-10-8-20(9-11-21)17-31-15-14-22-4-1-2-6-26(22)31;1-20(2)23-11-13-31(14-12-23)17-21-5-3-6-22(15-21)19-36-29-8-4-7-25-26(29)18-32(30(25)35)27-10-9-24(33)16-28(27)34;27-14-4-5-17(18(28)10-14)26-11-16-15(22(26)29)2-1-3-19(16)31-13-21-23-20(24-32-21)12-25-6-8-30-9-7-25/h1-11,18,26,30H,12-17,19-22H2;1-11,27H,12-19H2;3-8,15,20,23,27H,9-14,16-19H2,1-2H3;1-3,17H,4-13H2. The summed E-state index contributed by atoms with van der Waals surface area (Å²) in [6.45, 7) is 19.2. The molecule has 10 aromatic rings. The normalized spacial score (nSPS) is 20.6. The largest absolute Gasteiger partial charge is 0.489 e. The van der Waals surface area contributed by atoms with E-state index in [0.29, 0.717) is 173 Å². The predicted octanol–water partition coefficient (Wildman–Crippen LogP) is 15.7. The maximum absolute atomic E-state index is 13.1. The lowest BCUT2D eigenvalue weighted by molar-refractivity contribution is -0.134. The van der Waals surface area contributed by atoms with Gasteiger partial charge in [-0.1, -0.05) is 165 Å². The Bertz CT molecular complexity index is 6450. The van der Waals surface area contributed by atoms with Gasteiger partial charge in [-0.25, -0.2) is 0 Å². The Morgan fingerprint density at radius 3 is 1.15 bits per heavy atom. The number of aromatic nitrogens is 2. The molecule has 4 unspecified atom stereocenters. The van der Waals surface area contributed by atoms with Gasteiger partial charge in [0.1, 0.15) is 66.0 Å². The third-order valence-corrected chi connectivity index (χ3v) is 30.2. The molecule has 4 saturated carbocycles. The van der Waals surface area contributed by atoms with Crippen LogP contribution in [0.4, 0.5) is 5.69 Å². The van der Waals surface area contributed by atoms with Gasteiger partial charge >= 0.3 is 0 Å². The van der Waals surface area contributed by atoms with Crippen molar-refractivity contribution in [1.29, 1.82) is 0 Å². The van der Waals surface area contributed by atoms with Crippen LogP contribution in [0.15, 0.2) is 205 Å². The van der Waals surface area contributed by atoms with E-state index in [0.717, 1.165) is 123 Å². The lowest BCUT2D eigenvalue weighted by Crippen LogP contribution is -2.44. The van der Waals surface area contributed by atoms with Crippen LogP contribution in [0.3, 0.4) is 0 Å². The number of hydrogen-bond acceptors (Lipinski definition) is 24. The molecule has 1 aromatic heterocycles. The Labute approximate surface area is 832 Å². The van der Waals surface area contributed by atoms with E-state index in [4.69, 9.17) is 28.2 Å². The predicted molar refractivity (Wildman–Crippen MR) is 531 cm³/mol. The van der Waals surface area contributed by atoms with Crippen LogP contribution in [0.5, 0.6) is 23.0 Å². The van der Waals surface area contributed by atoms with Crippen molar-refractivity contribution in [3.8, 4) is 23.0 Å². The van der Waals surface area contributed by atoms with Crippen molar-refractivity contribution in [3.63, 3.8) is 0 Å². The van der Waals surface area contributed by atoms with E-state index < -0.39 is 24.2 Å². The first-order valence-corrected chi connectivity index (χ1v) is 50.7. The monoisotopic (exact) mass is 1930 g/mol. The van der Waals surface area contributed by atoms with Gasteiger partial charge in [-0.2, -0.15) is 4.98 Å². The Hall–Kier alpha value is -13.8. The second-order valence-corrected chi connectivity index (χ2v) is 40.0. The first-order chi connectivity index (χ1) is 69.6. The highest BCUT2D eigenvalue weighted by molar-refractivity contribution is 6.11. The van der Waals surface area contributed by atoms with Gasteiger partial charge in [-0.05, 0) is 201 Å². The van der Waals surface area contributed by atoms with Gasteiger partial charge in [-0.15, -0.1) is 0 Å². The maximum Gasteiger partial charge on any atom is 0.264 e. The van der Waals surface area contributed by atoms with Crippen molar-refractivity contribution in [2.24, 2.45) is 11.8 Å². The van der Waals surface area contributed by atoms with Gasteiger partial charge in [0.25, 0.3) is 29.5 Å². The highest BCUT2D eigenvalue weighted by Crippen LogP contribution is 2.42. The number of amides is 4. The number of Topliss-reactive ketones (excluding diaryl/α,β-unsaturated/α-hetero) is 8. The molecule has 3 saturated heterocycles. The summed E-state index contributed by atoms with van der Waals surface area (Å²) in [6.07, 6.45) is 8.67. The summed E-state index contributed by atoms with van der Waals surface area (Å²) in [5.74, 6) is 4.28. The van der Waals surface area contributed by atoms with E-state index in [-0.39, 0.29) is 109 Å². The molecular weight excluding hydrogens is 1810 g/mol. The molecule has 9 heterocycles. The molecule has 12 aliphatic rings. The van der Waals surface area contributed by atoms with Crippen LogP contribution in [-0.4, -0.2) is 198 Å². The second kappa shape index (κ2) is 44.8. The van der Waals surface area contributed by atoms with E-state index in [9.17, 15) is 57.5 Å². The molecule has 8 aliphatic heterocycles. The molecule has 4 aliphatic carbocycles. The Kier molecular flexibility index (Phi) is 30.7. The number of morpholine rings is 1. The van der Waals surface area contributed by atoms with E-state index in [1.54, 1.807) is 56.0 Å². The fourth-order valence-electron chi connectivity index (χ4n) is 22.2. The minimum Gasteiger partial charge on any atom is -0.489 e. The number of anilines is 1. The zero-order valence-corrected chi connectivity index (χ0v) is 81.3.